The third-order valence-corrected chi connectivity index (χ3v) is 5.65. The summed E-state index contributed by atoms with van der Waals surface area (Å²) in [5.74, 6) is -0.00951. The van der Waals surface area contributed by atoms with Crippen LogP contribution in [0.15, 0.2) is 77.7 Å². The average Bonchev–Trinajstić information content (AvgIpc) is 2.68. The van der Waals surface area contributed by atoms with Gasteiger partial charge in [-0.2, -0.15) is 0 Å². The van der Waals surface area contributed by atoms with E-state index in [2.05, 4.69) is 10.0 Å². The molecule has 2 N–H and O–H groups in total. The van der Waals surface area contributed by atoms with Crippen molar-refractivity contribution in [3.8, 4) is 5.75 Å². The van der Waals surface area contributed by atoms with E-state index in [1.807, 2.05) is 13.0 Å². The van der Waals surface area contributed by atoms with Crippen molar-refractivity contribution in [1.29, 1.82) is 0 Å². The largest absolute Gasteiger partial charge is 0.484 e. The van der Waals surface area contributed by atoms with E-state index in [0.717, 1.165) is 5.56 Å². The number of aryl methyl sites for hydroxylation is 1. The minimum absolute atomic E-state index is 0.0897. The quantitative estimate of drug-likeness (QED) is 0.579. The maximum absolute atomic E-state index is 12.5. The second-order valence-corrected chi connectivity index (χ2v) is 8.35. The first-order valence-electron chi connectivity index (χ1n) is 8.70. The molecular formula is C21H19ClN2O4S. The zero-order valence-corrected chi connectivity index (χ0v) is 17.1. The van der Waals surface area contributed by atoms with E-state index < -0.39 is 10.0 Å². The van der Waals surface area contributed by atoms with Gasteiger partial charge in [-0.05, 0) is 61.0 Å². The van der Waals surface area contributed by atoms with Crippen LogP contribution in [0.2, 0.25) is 5.02 Å². The molecule has 0 atom stereocenters. The maximum Gasteiger partial charge on any atom is 0.262 e. The molecule has 0 aliphatic carbocycles. The molecule has 3 rings (SSSR count). The third kappa shape index (κ3) is 5.73. The number of anilines is 2. The Balaban J connectivity index is 1.59. The third-order valence-electron chi connectivity index (χ3n) is 3.92. The Morgan fingerprint density at radius 3 is 2.41 bits per heavy atom. The normalized spacial score (nSPS) is 11.0. The van der Waals surface area contributed by atoms with Crippen LogP contribution in [-0.4, -0.2) is 20.9 Å². The van der Waals surface area contributed by atoms with Gasteiger partial charge >= 0.3 is 0 Å². The lowest BCUT2D eigenvalue weighted by Gasteiger charge is -2.11. The Hall–Kier alpha value is -3.03. The average molecular weight is 431 g/mol. The summed E-state index contributed by atoms with van der Waals surface area (Å²) in [6.45, 7) is 1.64. The van der Waals surface area contributed by atoms with Crippen LogP contribution in [0.4, 0.5) is 11.4 Å². The van der Waals surface area contributed by atoms with Crippen LogP contribution in [0.5, 0.6) is 5.75 Å². The molecule has 3 aromatic rings. The van der Waals surface area contributed by atoms with Gasteiger partial charge in [0.1, 0.15) is 5.75 Å². The first kappa shape index (κ1) is 20.7. The number of para-hydroxylation sites is 1. The summed E-state index contributed by atoms with van der Waals surface area (Å²) in [7, 11) is -3.72. The Bertz CT molecular complexity index is 1120. The number of halogens is 1. The number of rotatable bonds is 7. The monoisotopic (exact) mass is 430 g/mol. The Morgan fingerprint density at radius 1 is 1.00 bits per heavy atom. The molecule has 0 saturated heterocycles. The second kappa shape index (κ2) is 8.98. The van der Waals surface area contributed by atoms with E-state index >= 15 is 0 Å². The van der Waals surface area contributed by atoms with Gasteiger partial charge in [0.25, 0.3) is 15.9 Å². The predicted molar refractivity (Wildman–Crippen MR) is 114 cm³/mol. The van der Waals surface area contributed by atoms with E-state index in [1.54, 1.807) is 42.5 Å². The lowest BCUT2D eigenvalue weighted by atomic mass is 10.2. The van der Waals surface area contributed by atoms with Crippen molar-refractivity contribution in [3.05, 3.63) is 83.4 Å². The van der Waals surface area contributed by atoms with Gasteiger partial charge in [0.05, 0.1) is 15.6 Å². The summed E-state index contributed by atoms with van der Waals surface area (Å²) in [6, 6.07) is 19.8. The standard InChI is InChI=1S/C21H19ClN2O4S/c1-15-5-4-6-16(13-15)24-29(26,27)18-11-9-17(10-12-18)28-14-21(25)23-20-8-3-2-7-19(20)22/h2-13,24H,14H2,1H3,(H,23,25). The first-order chi connectivity index (χ1) is 13.8. The van der Waals surface area contributed by atoms with Crippen molar-refractivity contribution < 1.29 is 17.9 Å². The molecule has 0 aromatic heterocycles. The van der Waals surface area contributed by atoms with Crippen LogP contribution < -0.4 is 14.8 Å². The Kier molecular flexibility index (Phi) is 6.41. The van der Waals surface area contributed by atoms with Gasteiger partial charge in [-0.3, -0.25) is 9.52 Å². The number of nitrogens with one attached hydrogen (secondary N) is 2. The lowest BCUT2D eigenvalue weighted by Crippen LogP contribution is -2.20. The van der Waals surface area contributed by atoms with Crippen molar-refractivity contribution in [1.82, 2.24) is 0 Å². The van der Waals surface area contributed by atoms with Crippen LogP contribution >= 0.6 is 11.6 Å². The smallest absolute Gasteiger partial charge is 0.262 e. The summed E-state index contributed by atoms with van der Waals surface area (Å²) < 4.78 is 32.9. The summed E-state index contributed by atoms with van der Waals surface area (Å²) in [5.41, 5.74) is 1.93. The van der Waals surface area contributed by atoms with Gasteiger partial charge in [-0.25, -0.2) is 8.42 Å². The molecule has 3 aromatic carbocycles. The molecule has 0 spiro atoms. The van der Waals surface area contributed by atoms with Crippen molar-refractivity contribution in [2.24, 2.45) is 0 Å². The van der Waals surface area contributed by atoms with Crippen molar-refractivity contribution in [2.45, 2.75) is 11.8 Å². The van der Waals surface area contributed by atoms with E-state index in [0.29, 0.717) is 22.1 Å². The van der Waals surface area contributed by atoms with Gasteiger partial charge in [-0.15, -0.1) is 0 Å². The van der Waals surface area contributed by atoms with Gasteiger partial charge in [0.2, 0.25) is 0 Å². The first-order valence-corrected chi connectivity index (χ1v) is 10.6. The molecule has 29 heavy (non-hydrogen) atoms. The Morgan fingerprint density at radius 2 is 1.72 bits per heavy atom. The topological polar surface area (TPSA) is 84.5 Å². The van der Waals surface area contributed by atoms with Crippen LogP contribution in [0.1, 0.15) is 5.56 Å². The zero-order valence-electron chi connectivity index (χ0n) is 15.6. The van der Waals surface area contributed by atoms with Crippen molar-refractivity contribution >= 4 is 38.9 Å². The Labute approximate surface area is 174 Å². The molecule has 0 heterocycles. The minimum atomic E-state index is -3.72. The second-order valence-electron chi connectivity index (χ2n) is 6.26. The molecule has 6 nitrogen and oxygen atoms in total. The zero-order chi connectivity index (χ0) is 20.9. The number of carbonyl (C=O) groups is 1. The molecular weight excluding hydrogens is 412 g/mol. The van der Waals surface area contributed by atoms with Crippen molar-refractivity contribution in [2.75, 3.05) is 16.6 Å². The van der Waals surface area contributed by atoms with E-state index in [4.69, 9.17) is 16.3 Å². The number of sulfonamides is 1. The van der Waals surface area contributed by atoms with Crippen molar-refractivity contribution in [3.63, 3.8) is 0 Å². The van der Waals surface area contributed by atoms with Crippen LogP contribution in [0, 0.1) is 6.92 Å². The number of hydrogen-bond acceptors (Lipinski definition) is 4. The van der Waals surface area contributed by atoms with Gasteiger partial charge in [-0.1, -0.05) is 35.9 Å². The molecule has 150 valence electrons. The summed E-state index contributed by atoms with van der Waals surface area (Å²) in [6.07, 6.45) is 0. The summed E-state index contributed by atoms with van der Waals surface area (Å²) in [5, 5.41) is 3.07. The molecule has 0 bridgehead atoms. The molecule has 0 aliphatic rings. The number of benzene rings is 3. The molecule has 0 saturated carbocycles. The van der Waals surface area contributed by atoms with Gasteiger partial charge < -0.3 is 10.1 Å². The highest BCUT2D eigenvalue weighted by Gasteiger charge is 2.14. The fourth-order valence-electron chi connectivity index (χ4n) is 2.54. The maximum atomic E-state index is 12.5. The highest BCUT2D eigenvalue weighted by Crippen LogP contribution is 2.21. The van der Waals surface area contributed by atoms with Crippen LogP contribution in [0.25, 0.3) is 0 Å². The van der Waals surface area contributed by atoms with E-state index in [1.165, 1.54) is 24.3 Å². The van der Waals surface area contributed by atoms with Gasteiger partial charge in [0, 0.05) is 5.69 Å². The minimum Gasteiger partial charge on any atom is -0.484 e. The molecule has 0 fully saturated rings. The van der Waals surface area contributed by atoms with E-state index in [-0.39, 0.29) is 17.4 Å². The fourth-order valence-corrected chi connectivity index (χ4v) is 3.77. The molecule has 8 heteroatoms. The van der Waals surface area contributed by atoms with Crippen LogP contribution in [0.3, 0.4) is 0 Å². The highest BCUT2D eigenvalue weighted by molar-refractivity contribution is 7.92. The number of amides is 1. The highest BCUT2D eigenvalue weighted by atomic mass is 35.5. The van der Waals surface area contributed by atoms with E-state index in [9.17, 15) is 13.2 Å². The van der Waals surface area contributed by atoms with Crippen LogP contribution in [-0.2, 0) is 14.8 Å². The summed E-state index contributed by atoms with van der Waals surface area (Å²) >= 11 is 5.99. The molecule has 1 amide bonds. The number of carbonyl (C=O) groups excluding carboxylic acids is 1. The molecule has 0 aliphatic heterocycles. The predicted octanol–water partition coefficient (Wildman–Crippen LogP) is 4.47. The molecule has 0 radical (unpaired) electrons. The number of hydrogen-bond donors (Lipinski definition) is 2. The lowest BCUT2D eigenvalue weighted by molar-refractivity contribution is -0.118. The molecule has 0 unspecified atom stereocenters. The fraction of sp³-hybridized carbons (Fsp3) is 0.0952. The summed E-state index contributed by atoms with van der Waals surface area (Å²) in [4.78, 5) is 12.1. The number of ether oxygens (including phenoxy) is 1. The van der Waals surface area contributed by atoms with Gasteiger partial charge in [0.15, 0.2) is 6.61 Å². The SMILES string of the molecule is Cc1cccc(NS(=O)(=O)c2ccc(OCC(=O)Nc3ccccc3Cl)cc2)c1.